The van der Waals surface area contributed by atoms with Gasteiger partial charge in [0.15, 0.2) is 0 Å². The Hall–Kier alpha value is -2.45. The average molecular weight is 475 g/mol. The van der Waals surface area contributed by atoms with E-state index in [1.807, 2.05) is 4.57 Å². The van der Waals surface area contributed by atoms with E-state index in [0.717, 1.165) is 35.4 Å². The Balaban J connectivity index is 1.61. The zero-order valence-electron chi connectivity index (χ0n) is 16.4. The van der Waals surface area contributed by atoms with Gasteiger partial charge >= 0.3 is 5.97 Å². The Bertz CT molecular complexity index is 1160. The van der Waals surface area contributed by atoms with Gasteiger partial charge in [-0.25, -0.2) is 14.2 Å². The van der Waals surface area contributed by atoms with Gasteiger partial charge in [-0.05, 0) is 46.6 Å². The molecule has 3 aromatic rings. The summed E-state index contributed by atoms with van der Waals surface area (Å²) in [4.78, 5) is 16.8. The van der Waals surface area contributed by atoms with Gasteiger partial charge in [-0.1, -0.05) is 0 Å². The summed E-state index contributed by atoms with van der Waals surface area (Å²) in [7, 11) is 1.36. The van der Waals surface area contributed by atoms with E-state index in [-0.39, 0.29) is 11.9 Å². The summed E-state index contributed by atoms with van der Waals surface area (Å²) in [6.07, 6.45) is 2.05. The lowest BCUT2D eigenvalue weighted by atomic mass is 10.0. The highest BCUT2D eigenvalue weighted by atomic mass is 79.9. The Morgan fingerprint density at radius 3 is 2.93 bits per heavy atom. The van der Waals surface area contributed by atoms with Gasteiger partial charge in [0.1, 0.15) is 17.4 Å². The van der Waals surface area contributed by atoms with Crippen molar-refractivity contribution in [1.82, 2.24) is 9.55 Å². The molecule has 0 N–H and O–H groups in total. The molecular weight excluding hydrogens is 455 g/mol. The van der Waals surface area contributed by atoms with Gasteiger partial charge in [0.25, 0.3) is 0 Å². The third kappa shape index (κ3) is 3.28. The number of aromatic nitrogens is 2. The van der Waals surface area contributed by atoms with Crippen LogP contribution in [0.25, 0.3) is 11.0 Å². The number of carbonyl (C=O) groups excluding carboxylic acids is 1. The van der Waals surface area contributed by atoms with Gasteiger partial charge in [-0.3, -0.25) is 0 Å². The summed E-state index contributed by atoms with van der Waals surface area (Å²) in [6, 6.07) is 6.73. The van der Waals surface area contributed by atoms with Crippen LogP contribution >= 0.6 is 15.9 Å². The number of ether oxygens (including phenoxy) is 3. The van der Waals surface area contributed by atoms with Gasteiger partial charge in [0.05, 0.1) is 47.4 Å². The number of rotatable bonds is 5. The van der Waals surface area contributed by atoms with Crippen molar-refractivity contribution >= 4 is 32.9 Å². The SMILES string of the molecule is COC(=O)c1ccc2nc(Cc3c(F)cc(Br)c4c3CCO4)n(CC3CCO3)c2c1. The summed E-state index contributed by atoms with van der Waals surface area (Å²) in [6.45, 7) is 1.89. The molecule has 30 heavy (non-hydrogen) atoms. The van der Waals surface area contributed by atoms with E-state index in [1.165, 1.54) is 13.2 Å². The van der Waals surface area contributed by atoms with Gasteiger partial charge in [-0.2, -0.15) is 0 Å². The van der Waals surface area contributed by atoms with Crippen LogP contribution in [-0.2, 0) is 28.9 Å². The largest absolute Gasteiger partial charge is 0.492 e. The second-order valence-electron chi connectivity index (χ2n) is 7.52. The van der Waals surface area contributed by atoms with Crippen LogP contribution in [0.2, 0.25) is 0 Å². The summed E-state index contributed by atoms with van der Waals surface area (Å²) in [5, 5.41) is 0. The number of benzene rings is 2. The fourth-order valence-corrected chi connectivity index (χ4v) is 4.66. The maximum atomic E-state index is 14.9. The zero-order chi connectivity index (χ0) is 20.8. The van der Waals surface area contributed by atoms with Gasteiger partial charge < -0.3 is 18.8 Å². The standard InChI is InChI=1S/C22H20BrFN2O4/c1-28-22(27)12-2-3-18-19(8-12)26(11-13-4-6-29-13)20(25-18)9-15-14-5-7-30-21(14)16(23)10-17(15)24/h2-3,8,10,13H,4-7,9,11H2,1H3. The molecule has 1 aromatic heterocycles. The molecule has 1 saturated heterocycles. The zero-order valence-corrected chi connectivity index (χ0v) is 18.0. The molecule has 0 bridgehead atoms. The van der Waals surface area contributed by atoms with Crippen molar-refractivity contribution in [3.63, 3.8) is 0 Å². The summed E-state index contributed by atoms with van der Waals surface area (Å²) < 4.78 is 33.8. The quantitative estimate of drug-likeness (QED) is 0.522. The smallest absolute Gasteiger partial charge is 0.337 e. The van der Waals surface area contributed by atoms with E-state index in [2.05, 4.69) is 15.9 Å². The fourth-order valence-electron chi connectivity index (χ4n) is 4.10. The van der Waals surface area contributed by atoms with Gasteiger partial charge in [0, 0.05) is 30.6 Å². The molecule has 0 aliphatic carbocycles. The number of esters is 1. The van der Waals surface area contributed by atoms with E-state index in [1.54, 1.807) is 18.2 Å². The minimum absolute atomic E-state index is 0.0896. The van der Waals surface area contributed by atoms with Gasteiger partial charge in [0.2, 0.25) is 0 Å². The second-order valence-corrected chi connectivity index (χ2v) is 8.37. The number of hydrogen-bond acceptors (Lipinski definition) is 5. The highest BCUT2D eigenvalue weighted by Crippen LogP contribution is 2.38. The summed E-state index contributed by atoms with van der Waals surface area (Å²) in [5.41, 5.74) is 3.51. The molecule has 0 spiro atoms. The van der Waals surface area contributed by atoms with E-state index in [4.69, 9.17) is 19.2 Å². The number of fused-ring (bicyclic) bond motifs is 2. The topological polar surface area (TPSA) is 62.6 Å². The number of halogens is 2. The minimum atomic E-state index is -0.403. The van der Waals surface area contributed by atoms with Crippen molar-refractivity contribution in [3.05, 3.63) is 57.1 Å². The number of carbonyl (C=O) groups is 1. The molecule has 8 heteroatoms. The van der Waals surface area contributed by atoms with Crippen LogP contribution in [0.3, 0.4) is 0 Å². The first-order chi connectivity index (χ1) is 14.5. The predicted molar refractivity (Wildman–Crippen MR) is 112 cm³/mol. The number of hydrogen-bond donors (Lipinski definition) is 0. The van der Waals surface area contributed by atoms with Crippen LogP contribution < -0.4 is 4.74 Å². The van der Waals surface area contributed by atoms with Crippen LogP contribution in [0.5, 0.6) is 5.75 Å². The molecule has 1 unspecified atom stereocenters. The van der Waals surface area contributed by atoms with E-state index in [9.17, 15) is 9.18 Å². The van der Waals surface area contributed by atoms with Crippen molar-refractivity contribution in [2.24, 2.45) is 0 Å². The molecule has 0 radical (unpaired) electrons. The van der Waals surface area contributed by atoms with Crippen molar-refractivity contribution < 1.29 is 23.4 Å². The Kier molecular flexibility index (Phi) is 4.99. The van der Waals surface area contributed by atoms with Crippen molar-refractivity contribution in [1.29, 1.82) is 0 Å². The van der Waals surface area contributed by atoms with Crippen LogP contribution in [0.15, 0.2) is 28.7 Å². The minimum Gasteiger partial charge on any atom is -0.492 e. The molecule has 5 rings (SSSR count). The Morgan fingerprint density at radius 1 is 1.37 bits per heavy atom. The van der Waals surface area contributed by atoms with Crippen LogP contribution in [0.1, 0.15) is 33.7 Å². The lowest BCUT2D eigenvalue weighted by Gasteiger charge is -2.27. The highest BCUT2D eigenvalue weighted by molar-refractivity contribution is 9.10. The molecule has 0 amide bonds. The molecular formula is C22H20BrFN2O4. The van der Waals surface area contributed by atoms with Crippen molar-refractivity contribution in [2.45, 2.75) is 31.9 Å². The first-order valence-corrected chi connectivity index (χ1v) is 10.7. The second kappa shape index (κ2) is 7.67. The van der Waals surface area contributed by atoms with E-state index >= 15 is 0 Å². The molecule has 1 fully saturated rings. The Morgan fingerprint density at radius 2 is 2.20 bits per heavy atom. The molecule has 156 valence electrons. The first-order valence-electron chi connectivity index (χ1n) is 9.86. The highest BCUT2D eigenvalue weighted by Gasteiger charge is 2.26. The van der Waals surface area contributed by atoms with E-state index in [0.29, 0.717) is 47.3 Å². The van der Waals surface area contributed by atoms with E-state index < -0.39 is 5.97 Å². The Labute approximate surface area is 181 Å². The molecule has 2 aromatic carbocycles. The molecule has 2 aliphatic rings. The summed E-state index contributed by atoms with van der Waals surface area (Å²) in [5.74, 6) is 0.766. The molecule has 0 saturated carbocycles. The van der Waals surface area contributed by atoms with Crippen LogP contribution in [0, 0.1) is 5.82 Å². The monoisotopic (exact) mass is 474 g/mol. The maximum absolute atomic E-state index is 14.9. The van der Waals surface area contributed by atoms with Crippen molar-refractivity contribution in [3.8, 4) is 5.75 Å². The molecule has 2 aliphatic heterocycles. The van der Waals surface area contributed by atoms with Gasteiger partial charge in [-0.15, -0.1) is 0 Å². The fraction of sp³-hybridized carbons (Fsp3) is 0.364. The molecule has 3 heterocycles. The number of nitrogens with zero attached hydrogens (tertiary/aromatic N) is 2. The lowest BCUT2D eigenvalue weighted by molar-refractivity contribution is -0.0589. The average Bonchev–Trinajstić information content (AvgIpc) is 3.32. The maximum Gasteiger partial charge on any atom is 0.337 e. The molecule has 1 atom stereocenters. The van der Waals surface area contributed by atoms with Crippen LogP contribution in [0.4, 0.5) is 4.39 Å². The summed E-state index contributed by atoms with van der Waals surface area (Å²) >= 11 is 3.39. The third-order valence-electron chi connectivity index (χ3n) is 5.76. The lowest BCUT2D eigenvalue weighted by Crippen LogP contribution is -2.31. The normalized spacial score (nSPS) is 17.5. The third-order valence-corrected chi connectivity index (χ3v) is 6.35. The molecule has 6 nitrogen and oxygen atoms in total. The van der Waals surface area contributed by atoms with Crippen LogP contribution in [-0.4, -0.2) is 41.9 Å². The first kappa shape index (κ1) is 19.5. The number of imidazole rings is 1. The predicted octanol–water partition coefficient (Wildman–Crippen LogP) is 4.04. The number of methoxy groups -OCH3 is 1. The van der Waals surface area contributed by atoms with Crippen molar-refractivity contribution in [2.75, 3.05) is 20.3 Å².